The zero-order valence-electron chi connectivity index (χ0n) is 19.7. The van der Waals surface area contributed by atoms with Crippen molar-refractivity contribution in [3.63, 3.8) is 0 Å². The Morgan fingerprint density at radius 2 is 1.91 bits per heavy atom. The molecule has 0 saturated heterocycles. The van der Waals surface area contributed by atoms with E-state index in [0.29, 0.717) is 38.7 Å². The third-order valence-corrected chi connectivity index (χ3v) is 10.4. The summed E-state index contributed by atoms with van der Waals surface area (Å²) in [4.78, 5) is 36.3. The van der Waals surface area contributed by atoms with Crippen molar-refractivity contribution in [3.8, 4) is 0 Å². The topological polar surface area (TPSA) is 110 Å². The molecule has 0 bridgehead atoms. The van der Waals surface area contributed by atoms with E-state index in [1.807, 2.05) is 0 Å². The molecule has 0 aromatic carbocycles. The van der Waals surface area contributed by atoms with E-state index >= 15 is 0 Å². The Bertz CT molecular complexity index is 897. The summed E-state index contributed by atoms with van der Waals surface area (Å²) in [6.07, 6.45) is 7.76. The summed E-state index contributed by atoms with van der Waals surface area (Å²) in [5.74, 6) is -0.684. The van der Waals surface area contributed by atoms with Gasteiger partial charge in [-0.2, -0.15) is 0 Å². The summed E-state index contributed by atoms with van der Waals surface area (Å²) in [7, 11) is 0. The summed E-state index contributed by atoms with van der Waals surface area (Å²) in [5.41, 5.74) is -2.50. The molecule has 4 fully saturated rings. The van der Waals surface area contributed by atoms with Crippen molar-refractivity contribution < 1.29 is 34.1 Å². The van der Waals surface area contributed by atoms with Gasteiger partial charge in [-0.15, -0.1) is 0 Å². The van der Waals surface area contributed by atoms with Gasteiger partial charge in [0.05, 0.1) is 16.6 Å². The Morgan fingerprint density at radius 3 is 2.58 bits per heavy atom. The van der Waals surface area contributed by atoms with E-state index in [1.54, 1.807) is 13.0 Å². The molecule has 0 radical (unpaired) electrons. The fourth-order valence-corrected chi connectivity index (χ4v) is 8.69. The highest BCUT2D eigenvalue weighted by Crippen LogP contribution is 2.70. The van der Waals surface area contributed by atoms with E-state index in [1.165, 1.54) is 0 Å². The van der Waals surface area contributed by atoms with Gasteiger partial charge in [0.25, 0.3) is 0 Å². The van der Waals surface area contributed by atoms with E-state index < -0.39 is 16.6 Å². The van der Waals surface area contributed by atoms with Crippen molar-refractivity contribution in [1.29, 1.82) is 0 Å². The molecule has 7 heteroatoms. The summed E-state index contributed by atoms with van der Waals surface area (Å²) in [6.45, 7) is 4.19. The minimum atomic E-state index is -1.22. The molecule has 4 saturated carbocycles. The van der Waals surface area contributed by atoms with Gasteiger partial charge in [0.1, 0.15) is 19.0 Å². The third kappa shape index (κ3) is 3.04. The van der Waals surface area contributed by atoms with Crippen molar-refractivity contribution in [1.82, 2.24) is 0 Å². The number of cyclic esters (lactones) is 1. The molecule has 2 N–H and O–H groups in total. The molecular weight excluding hydrogens is 424 g/mol. The van der Waals surface area contributed by atoms with Crippen LogP contribution in [0.4, 0.5) is 0 Å². The van der Waals surface area contributed by atoms with Crippen LogP contribution in [-0.2, 0) is 23.9 Å². The highest BCUT2D eigenvalue weighted by Gasteiger charge is 2.71. The molecule has 5 aliphatic rings. The number of ether oxygens (including phenoxy) is 2. The summed E-state index contributed by atoms with van der Waals surface area (Å²) < 4.78 is 10.7. The molecule has 0 amide bonds. The number of carbonyl (C=O) groups excluding carboxylic acids is 3. The van der Waals surface area contributed by atoms with Crippen molar-refractivity contribution in [2.75, 3.05) is 6.61 Å². The van der Waals surface area contributed by atoms with Crippen molar-refractivity contribution in [2.24, 2.45) is 28.6 Å². The fraction of sp³-hybridized carbons (Fsp3) is 0.808. The smallest absolute Gasteiger partial charge is 0.331 e. The molecular formula is C26H36O7. The molecule has 5 rings (SSSR count). The number of aliphatic hydroxyl groups is 2. The molecule has 4 aliphatic carbocycles. The van der Waals surface area contributed by atoms with Crippen LogP contribution in [0.5, 0.6) is 0 Å². The summed E-state index contributed by atoms with van der Waals surface area (Å²) in [5, 5.41) is 24.0. The van der Waals surface area contributed by atoms with Gasteiger partial charge in [-0.3, -0.25) is 4.79 Å². The standard InChI is InChI=1S/C26H36O7/c1-3-21(28)33-17-4-9-24(15-27)19-5-8-23(2)18(16-12-22(29)32-14-16)7-11-26(23,31)20(19)6-10-25(24,30)13-17/h12,15,17-20,30-31H,3-11,13-14H2,1-2H3/t17-,18+,19?,20?,23+,24-,25-,26-/m0/s1. The monoisotopic (exact) mass is 460 g/mol. The third-order valence-electron chi connectivity index (χ3n) is 10.4. The minimum Gasteiger partial charge on any atom is -0.462 e. The molecule has 33 heavy (non-hydrogen) atoms. The second-order valence-electron chi connectivity index (χ2n) is 11.4. The lowest BCUT2D eigenvalue weighted by atomic mass is 9.41. The Balaban J connectivity index is 1.44. The Hall–Kier alpha value is -1.73. The van der Waals surface area contributed by atoms with E-state index in [9.17, 15) is 24.6 Å². The van der Waals surface area contributed by atoms with Crippen LogP contribution in [0.2, 0.25) is 0 Å². The quantitative estimate of drug-likeness (QED) is 0.490. The van der Waals surface area contributed by atoms with E-state index in [-0.39, 0.29) is 54.1 Å². The van der Waals surface area contributed by atoms with Gasteiger partial charge in [-0.25, -0.2) is 4.79 Å². The fourth-order valence-electron chi connectivity index (χ4n) is 8.69. The SMILES string of the molecule is CCC(=O)O[C@H]1CC[C@]2(C=O)C3CC[C@]4(C)[C@@H](C5=CC(=O)OC5)CC[C@]4(O)C3CC[C@]2(O)C1. The number of hydrogen-bond acceptors (Lipinski definition) is 7. The average molecular weight is 461 g/mol. The molecule has 7 nitrogen and oxygen atoms in total. The first-order chi connectivity index (χ1) is 15.6. The maximum Gasteiger partial charge on any atom is 0.331 e. The van der Waals surface area contributed by atoms with Crippen molar-refractivity contribution in [3.05, 3.63) is 11.6 Å². The Labute approximate surface area is 194 Å². The van der Waals surface area contributed by atoms with Gasteiger partial charge in [0, 0.05) is 24.3 Å². The van der Waals surface area contributed by atoms with Gasteiger partial charge in [-0.1, -0.05) is 13.8 Å². The predicted octanol–water partition coefficient (Wildman–Crippen LogP) is 2.86. The number of esters is 2. The predicted molar refractivity (Wildman–Crippen MR) is 118 cm³/mol. The van der Waals surface area contributed by atoms with Crippen LogP contribution < -0.4 is 0 Å². The number of carbonyl (C=O) groups is 3. The molecule has 8 atom stereocenters. The largest absolute Gasteiger partial charge is 0.462 e. The van der Waals surface area contributed by atoms with Gasteiger partial charge in [0.2, 0.25) is 0 Å². The van der Waals surface area contributed by atoms with Crippen LogP contribution in [-0.4, -0.2) is 52.4 Å². The second-order valence-corrected chi connectivity index (χ2v) is 11.4. The van der Waals surface area contributed by atoms with E-state index in [2.05, 4.69) is 6.92 Å². The highest BCUT2D eigenvalue weighted by atomic mass is 16.5. The zero-order chi connectivity index (χ0) is 23.6. The van der Waals surface area contributed by atoms with Gasteiger partial charge >= 0.3 is 11.9 Å². The lowest BCUT2D eigenvalue weighted by Gasteiger charge is -2.65. The highest BCUT2D eigenvalue weighted by molar-refractivity contribution is 5.85. The number of hydrogen-bond donors (Lipinski definition) is 2. The lowest BCUT2D eigenvalue weighted by molar-refractivity contribution is -0.249. The van der Waals surface area contributed by atoms with Crippen LogP contribution in [0.25, 0.3) is 0 Å². The number of rotatable bonds is 4. The molecule has 182 valence electrons. The van der Waals surface area contributed by atoms with Gasteiger partial charge in [-0.05, 0) is 74.7 Å². The first-order valence-electron chi connectivity index (χ1n) is 12.6. The molecule has 1 heterocycles. The lowest BCUT2D eigenvalue weighted by Crippen LogP contribution is -2.69. The van der Waals surface area contributed by atoms with Crippen LogP contribution in [0, 0.1) is 28.6 Å². The van der Waals surface area contributed by atoms with Gasteiger partial charge < -0.3 is 24.5 Å². The van der Waals surface area contributed by atoms with E-state index in [4.69, 9.17) is 9.47 Å². The summed E-state index contributed by atoms with van der Waals surface area (Å²) in [6, 6.07) is 0. The average Bonchev–Trinajstić information content (AvgIpc) is 3.33. The van der Waals surface area contributed by atoms with Crippen LogP contribution in [0.3, 0.4) is 0 Å². The first-order valence-corrected chi connectivity index (χ1v) is 12.6. The zero-order valence-corrected chi connectivity index (χ0v) is 19.7. The molecule has 0 spiro atoms. The summed E-state index contributed by atoms with van der Waals surface area (Å²) >= 11 is 0. The molecule has 2 unspecified atom stereocenters. The van der Waals surface area contributed by atoms with Crippen molar-refractivity contribution in [2.45, 2.75) is 95.4 Å². The minimum absolute atomic E-state index is 0.0832. The Morgan fingerprint density at radius 1 is 1.15 bits per heavy atom. The van der Waals surface area contributed by atoms with Crippen LogP contribution >= 0.6 is 0 Å². The Kier molecular flexibility index (Phi) is 5.33. The van der Waals surface area contributed by atoms with Gasteiger partial charge in [0.15, 0.2) is 0 Å². The van der Waals surface area contributed by atoms with Crippen molar-refractivity contribution >= 4 is 18.2 Å². The molecule has 0 aromatic heterocycles. The number of fused-ring (bicyclic) bond motifs is 5. The molecule has 0 aromatic rings. The maximum atomic E-state index is 12.7. The first kappa shape index (κ1) is 23.0. The molecule has 1 aliphatic heterocycles. The second kappa shape index (κ2) is 7.64. The number of aldehydes is 1. The maximum absolute atomic E-state index is 12.7. The normalized spacial score (nSPS) is 48.7. The van der Waals surface area contributed by atoms with Crippen LogP contribution in [0.1, 0.15) is 78.1 Å². The van der Waals surface area contributed by atoms with Crippen LogP contribution in [0.15, 0.2) is 11.6 Å². The van der Waals surface area contributed by atoms with E-state index in [0.717, 1.165) is 31.1 Å².